The summed E-state index contributed by atoms with van der Waals surface area (Å²) in [5.41, 5.74) is 1.78. The minimum absolute atomic E-state index is 0.257. The molecule has 0 bridgehead atoms. The highest BCUT2D eigenvalue weighted by Gasteiger charge is 2.29. The summed E-state index contributed by atoms with van der Waals surface area (Å²) >= 11 is 2.71. The van der Waals surface area contributed by atoms with E-state index in [2.05, 4.69) is 10.3 Å². The lowest BCUT2D eigenvalue weighted by atomic mass is 10.2. The van der Waals surface area contributed by atoms with Gasteiger partial charge >= 0.3 is 5.97 Å². The van der Waals surface area contributed by atoms with E-state index in [0.29, 0.717) is 6.54 Å². The van der Waals surface area contributed by atoms with Gasteiger partial charge in [0, 0.05) is 24.0 Å². The zero-order valence-electron chi connectivity index (χ0n) is 12.3. The van der Waals surface area contributed by atoms with E-state index in [1.54, 1.807) is 26.0 Å². The van der Waals surface area contributed by atoms with Gasteiger partial charge in [-0.1, -0.05) is 11.8 Å². The van der Waals surface area contributed by atoms with Crippen LogP contribution < -0.4 is 5.32 Å². The summed E-state index contributed by atoms with van der Waals surface area (Å²) in [4.78, 5) is 15.5. The number of halogens is 1. The molecule has 0 aliphatic heterocycles. The largest absolute Gasteiger partial charge is 0.480 e. The Morgan fingerprint density at radius 1 is 1.41 bits per heavy atom. The van der Waals surface area contributed by atoms with Crippen molar-refractivity contribution in [3.05, 3.63) is 41.2 Å². The van der Waals surface area contributed by atoms with Crippen LogP contribution in [0.2, 0.25) is 0 Å². The van der Waals surface area contributed by atoms with Gasteiger partial charge in [-0.05, 0) is 38.1 Å². The van der Waals surface area contributed by atoms with E-state index >= 15 is 0 Å². The number of benzene rings is 1. The number of nitrogens with one attached hydrogen (secondary N) is 1. The number of aromatic nitrogens is 1. The fourth-order valence-corrected chi connectivity index (χ4v) is 3.84. The van der Waals surface area contributed by atoms with E-state index in [4.69, 9.17) is 5.11 Å². The van der Waals surface area contributed by atoms with Gasteiger partial charge in [0.05, 0.1) is 5.69 Å². The molecule has 0 aliphatic rings. The minimum Gasteiger partial charge on any atom is -0.480 e. The Labute approximate surface area is 136 Å². The van der Waals surface area contributed by atoms with Crippen LogP contribution in [0.1, 0.15) is 19.5 Å². The van der Waals surface area contributed by atoms with Crippen molar-refractivity contribution in [2.45, 2.75) is 29.4 Å². The molecule has 0 saturated carbocycles. The molecule has 0 atom stereocenters. The van der Waals surface area contributed by atoms with Crippen LogP contribution in [0, 0.1) is 5.82 Å². The lowest BCUT2D eigenvalue weighted by Gasteiger charge is -2.15. The Balaban J connectivity index is 1.84. The first kappa shape index (κ1) is 16.8. The first-order valence-corrected chi connectivity index (χ1v) is 8.43. The van der Waals surface area contributed by atoms with Gasteiger partial charge in [0.15, 0.2) is 4.34 Å². The molecule has 2 aromatic rings. The van der Waals surface area contributed by atoms with Gasteiger partial charge in [-0.2, -0.15) is 0 Å². The molecule has 0 unspecified atom stereocenters. The molecule has 1 aromatic carbocycles. The third kappa shape index (κ3) is 4.71. The van der Waals surface area contributed by atoms with Crippen LogP contribution in [0.3, 0.4) is 0 Å². The monoisotopic (exact) mass is 340 g/mol. The van der Waals surface area contributed by atoms with Crippen molar-refractivity contribution in [3.8, 4) is 0 Å². The molecule has 0 aliphatic carbocycles. The Hall–Kier alpha value is -1.60. The molecule has 0 fully saturated rings. The molecule has 22 heavy (non-hydrogen) atoms. The van der Waals surface area contributed by atoms with E-state index in [1.807, 2.05) is 5.38 Å². The Morgan fingerprint density at radius 3 is 2.73 bits per heavy atom. The molecule has 0 amide bonds. The molecule has 4 nitrogen and oxygen atoms in total. The zero-order valence-corrected chi connectivity index (χ0v) is 13.9. The average molecular weight is 340 g/mol. The molecule has 7 heteroatoms. The number of carboxylic acid groups (broad SMARTS) is 1. The van der Waals surface area contributed by atoms with Crippen LogP contribution in [0.4, 0.5) is 10.1 Å². The first-order valence-electron chi connectivity index (χ1n) is 6.73. The Bertz CT molecular complexity index is 641. The number of carbonyl (C=O) groups is 1. The fraction of sp³-hybridized carbons (Fsp3) is 0.333. The lowest BCUT2D eigenvalue weighted by Crippen LogP contribution is -2.26. The standard InChI is InChI=1S/C15H17FN2O2S2/c1-15(2,13(19)20)22-14-18-12(9-21-14)7-8-17-11-5-3-10(16)4-6-11/h3-6,9,17H,7-8H2,1-2H3,(H,19,20). The topological polar surface area (TPSA) is 62.2 Å². The number of thioether (sulfide) groups is 1. The number of thiazole rings is 1. The number of hydrogen-bond acceptors (Lipinski definition) is 5. The summed E-state index contributed by atoms with van der Waals surface area (Å²) in [6, 6.07) is 6.20. The summed E-state index contributed by atoms with van der Waals surface area (Å²) in [6.07, 6.45) is 0.724. The summed E-state index contributed by atoms with van der Waals surface area (Å²) < 4.78 is 12.7. The molecule has 2 rings (SSSR count). The van der Waals surface area contributed by atoms with Crippen molar-refractivity contribution in [1.29, 1.82) is 0 Å². The van der Waals surface area contributed by atoms with Crippen molar-refractivity contribution >= 4 is 34.8 Å². The van der Waals surface area contributed by atoms with Gasteiger partial charge in [-0.25, -0.2) is 9.37 Å². The van der Waals surface area contributed by atoms with Crippen molar-refractivity contribution < 1.29 is 14.3 Å². The third-order valence-electron chi connectivity index (χ3n) is 2.94. The van der Waals surface area contributed by atoms with Gasteiger partial charge in [0.2, 0.25) is 0 Å². The van der Waals surface area contributed by atoms with E-state index in [9.17, 15) is 9.18 Å². The van der Waals surface area contributed by atoms with Crippen LogP contribution in [0.25, 0.3) is 0 Å². The maximum Gasteiger partial charge on any atom is 0.319 e. The average Bonchev–Trinajstić information content (AvgIpc) is 2.87. The summed E-state index contributed by atoms with van der Waals surface area (Å²) in [5.74, 6) is -1.11. The molecule has 0 saturated heterocycles. The number of nitrogens with zero attached hydrogens (tertiary/aromatic N) is 1. The fourth-order valence-electron chi connectivity index (χ4n) is 1.61. The number of rotatable bonds is 7. The number of aliphatic carboxylic acids is 1. The number of carboxylic acids is 1. The molecule has 118 valence electrons. The molecular weight excluding hydrogens is 323 g/mol. The first-order chi connectivity index (χ1) is 10.4. The second kappa shape index (κ2) is 7.11. The van der Waals surface area contributed by atoms with Gasteiger partial charge in [-0.15, -0.1) is 11.3 Å². The highest BCUT2D eigenvalue weighted by molar-refractivity contribution is 8.02. The maximum atomic E-state index is 12.8. The quantitative estimate of drug-likeness (QED) is 0.749. The molecular formula is C15H17FN2O2S2. The van der Waals surface area contributed by atoms with Gasteiger partial charge in [0.1, 0.15) is 10.6 Å². The van der Waals surface area contributed by atoms with E-state index in [-0.39, 0.29) is 5.82 Å². The molecule has 2 N–H and O–H groups in total. The van der Waals surface area contributed by atoms with E-state index in [0.717, 1.165) is 22.1 Å². The zero-order chi connectivity index (χ0) is 16.2. The van der Waals surface area contributed by atoms with Crippen molar-refractivity contribution in [3.63, 3.8) is 0 Å². The predicted molar refractivity (Wildman–Crippen MR) is 88.3 cm³/mol. The molecule has 1 heterocycles. The molecule has 1 aromatic heterocycles. The summed E-state index contributed by atoms with van der Waals surface area (Å²) in [6.45, 7) is 4.01. The second-order valence-corrected chi connectivity index (χ2v) is 7.93. The highest BCUT2D eigenvalue weighted by atomic mass is 32.2. The Morgan fingerprint density at radius 2 is 2.09 bits per heavy atom. The number of anilines is 1. The van der Waals surface area contributed by atoms with Crippen molar-refractivity contribution in [1.82, 2.24) is 4.98 Å². The minimum atomic E-state index is -0.887. The van der Waals surface area contributed by atoms with Gasteiger partial charge in [-0.3, -0.25) is 4.79 Å². The normalized spacial score (nSPS) is 11.4. The highest BCUT2D eigenvalue weighted by Crippen LogP contribution is 2.34. The Kier molecular flexibility index (Phi) is 5.42. The molecule has 0 spiro atoms. The van der Waals surface area contributed by atoms with Crippen LogP contribution >= 0.6 is 23.1 Å². The number of hydrogen-bond donors (Lipinski definition) is 2. The van der Waals surface area contributed by atoms with Crippen molar-refractivity contribution in [2.24, 2.45) is 0 Å². The summed E-state index contributed by atoms with van der Waals surface area (Å²) in [5, 5.41) is 14.2. The second-order valence-electron chi connectivity index (χ2n) is 5.21. The molecule has 0 radical (unpaired) electrons. The van der Waals surface area contributed by atoms with Crippen molar-refractivity contribution in [2.75, 3.05) is 11.9 Å². The lowest BCUT2D eigenvalue weighted by molar-refractivity contribution is -0.138. The van der Waals surface area contributed by atoms with E-state index < -0.39 is 10.7 Å². The smallest absolute Gasteiger partial charge is 0.319 e. The predicted octanol–water partition coefficient (Wildman–Crippen LogP) is 3.89. The van der Waals surface area contributed by atoms with Crippen LogP contribution in [0.15, 0.2) is 34.0 Å². The summed E-state index contributed by atoms with van der Waals surface area (Å²) in [7, 11) is 0. The SMILES string of the molecule is CC(C)(Sc1nc(CCNc2ccc(F)cc2)cs1)C(=O)O. The maximum absolute atomic E-state index is 12.8. The van der Waals surface area contributed by atoms with Crippen LogP contribution in [-0.4, -0.2) is 27.4 Å². The van der Waals surface area contributed by atoms with E-state index in [1.165, 1.54) is 35.2 Å². The van der Waals surface area contributed by atoms with Crippen LogP contribution in [-0.2, 0) is 11.2 Å². The van der Waals surface area contributed by atoms with Crippen LogP contribution in [0.5, 0.6) is 0 Å². The third-order valence-corrected chi connectivity index (χ3v) is 5.12. The van der Waals surface area contributed by atoms with Gasteiger partial charge in [0.25, 0.3) is 0 Å². The van der Waals surface area contributed by atoms with Gasteiger partial charge < -0.3 is 10.4 Å².